The molecular weight excluding hydrogens is 370 g/mol. The molecule has 3 aromatic rings. The van der Waals surface area contributed by atoms with Crippen molar-refractivity contribution in [2.45, 2.75) is 0 Å². The van der Waals surface area contributed by atoms with E-state index in [1.165, 1.54) is 23.5 Å². The summed E-state index contributed by atoms with van der Waals surface area (Å²) in [4.78, 5) is 4.25. The standard InChI is InChI=1S/C13H6BrClF2N2S/c14-6-3-8(16)12(9(17)4-6)19-13-18-10-5-7(15)1-2-11(10)20-13/h1-5H,(H,18,19). The second kappa shape index (κ2) is 5.27. The number of anilines is 2. The van der Waals surface area contributed by atoms with Crippen LogP contribution in [-0.4, -0.2) is 4.98 Å². The lowest BCUT2D eigenvalue weighted by molar-refractivity contribution is 0.589. The van der Waals surface area contributed by atoms with Crippen LogP contribution in [0.2, 0.25) is 5.02 Å². The minimum absolute atomic E-state index is 0.224. The largest absolute Gasteiger partial charge is 0.327 e. The number of thiazole rings is 1. The molecular formula is C13H6BrClF2N2S. The van der Waals surface area contributed by atoms with E-state index in [-0.39, 0.29) is 5.69 Å². The van der Waals surface area contributed by atoms with Gasteiger partial charge in [-0.05, 0) is 30.3 Å². The topological polar surface area (TPSA) is 24.9 Å². The van der Waals surface area contributed by atoms with Crippen LogP contribution in [0.25, 0.3) is 10.2 Å². The van der Waals surface area contributed by atoms with Crippen LogP contribution in [0.3, 0.4) is 0 Å². The van der Waals surface area contributed by atoms with Gasteiger partial charge in [-0.2, -0.15) is 0 Å². The third-order valence-corrected chi connectivity index (χ3v) is 4.23. The van der Waals surface area contributed by atoms with Gasteiger partial charge in [-0.1, -0.05) is 38.9 Å². The maximum Gasteiger partial charge on any atom is 0.188 e. The fourth-order valence-electron chi connectivity index (χ4n) is 1.72. The van der Waals surface area contributed by atoms with Gasteiger partial charge in [0.15, 0.2) is 16.8 Å². The summed E-state index contributed by atoms with van der Waals surface area (Å²) in [6, 6.07) is 7.64. The van der Waals surface area contributed by atoms with Crippen molar-refractivity contribution in [2.75, 3.05) is 5.32 Å². The maximum atomic E-state index is 13.7. The highest BCUT2D eigenvalue weighted by atomic mass is 79.9. The summed E-state index contributed by atoms with van der Waals surface area (Å²) in [5.41, 5.74) is 0.460. The number of hydrogen-bond donors (Lipinski definition) is 1. The Morgan fingerprint density at radius 2 is 1.85 bits per heavy atom. The molecule has 0 atom stereocenters. The second-order valence-electron chi connectivity index (χ2n) is 4.00. The van der Waals surface area contributed by atoms with Gasteiger partial charge in [0.2, 0.25) is 0 Å². The average molecular weight is 376 g/mol. The number of benzene rings is 2. The number of hydrogen-bond acceptors (Lipinski definition) is 3. The molecule has 0 saturated heterocycles. The number of halogens is 4. The Kier molecular flexibility index (Phi) is 3.62. The second-order valence-corrected chi connectivity index (χ2v) is 6.38. The first-order valence-electron chi connectivity index (χ1n) is 5.50. The first kappa shape index (κ1) is 13.7. The molecule has 2 aromatic carbocycles. The normalized spacial score (nSPS) is 11.0. The van der Waals surface area contributed by atoms with Crippen molar-refractivity contribution < 1.29 is 8.78 Å². The van der Waals surface area contributed by atoms with Crippen LogP contribution in [-0.2, 0) is 0 Å². The van der Waals surface area contributed by atoms with E-state index in [2.05, 4.69) is 26.2 Å². The highest BCUT2D eigenvalue weighted by Gasteiger charge is 2.13. The Labute approximate surface area is 130 Å². The van der Waals surface area contributed by atoms with Gasteiger partial charge in [0.25, 0.3) is 0 Å². The van der Waals surface area contributed by atoms with Crippen molar-refractivity contribution in [3.8, 4) is 0 Å². The molecule has 20 heavy (non-hydrogen) atoms. The highest BCUT2D eigenvalue weighted by molar-refractivity contribution is 9.10. The van der Waals surface area contributed by atoms with Gasteiger partial charge < -0.3 is 5.32 Å². The fourth-order valence-corrected chi connectivity index (χ4v) is 3.14. The lowest BCUT2D eigenvalue weighted by Gasteiger charge is -2.06. The lowest BCUT2D eigenvalue weighted by Crippen LogP contribution is -1.97. The van der Waals surface area contributed by atoms with E-state index in [1.54, 1.807) is 12.1 Å². The van der Waals surface area contributed by atoms with E-state index in [1.807, 2.05) is 6.07 Å². The molecule has 0 fully saturated rings. The zero-order chi connectivity index (χ0) is 14.3. The molecule has 0 spiro atoms. The zero-order valence-corrected chi connectivity index (χ0v) is 12.9. The van der Waals surface area contributed by atoms with Crippen LogP contribution in [0.15, 0.2) is 34.8 Å². The molecule has 1 heterocycles. The third-order valence-electron chi connectivity index (χ3n) is 2.59. The molecule has 0 bridgehead atoms. The Bertz CT molecular complexity index is 783. The average Bonchev–Trinajstić information content (AvgIpc) is 2.75. The molecule has 0 aliphatic carbocycles. The molecule has 0 unspecified atom stereocenters. The first-order valence-corrected chi connectivity index (χ1v) is 7.49. The highest BCUT2D eigenvalue weighted by Crippen LogP contribution is 2.32. The van der Waals surface area contributed by atoms with Crippen LogP contribution in [0, 0.1) is 11.6 Å². The number of nitrogens with zero attached hydrogens (tertiary/aromatic N) is 1. The lowest BCUT2D eigenvalue weighted by atomic mass is 10.3. The van der Waals surface area contributed by atoms with Crippen LogP contribution in [0.5, 0.6) is 0 Å². The smallest absolute Gasteiger partial charge is 0.188 e. The number of aromatic nitrogens is 1. The Morgan fingerprint density at radius 3 is 2.55 bits per heavy atom. The summed E-state index contributed by atoms with van der Waals surface area (Å²) in [5.74, 6) is -1.37. The van der Waals surface area contributed by atoms with E-state index in [9.17, 15) is 8.78 Å². The van der Waals surface area contributed by atoms with E-state index < -0.39 is 11.6 Å². The number of rotatable bonds is 2. The molecule has 1 aromatic heterocycles. The molecule has 7 heteroatoms. The van der Waals surface area contributed by atoms with E-state index >= 15 is 0 Å². The van der Waals surface area contributed by atoms with Gasteiger partial charge in [-0.15, -0.1) is 0 Å². The van der Waals surface area contributed by atoms with Crippen LogP contribution in [0.4, 0.5) is 19.6 Å². The van der Waals surface area contributed by atoms with Gasteiger partial charge in [0, 0.05) is 9.50 Å². The van der Waals surface area contributed by atoms with E-state index in [0.29, 0.717) is 20.1 Å². The van der Waals surface area contributed by atoms with E-state index in [0.717, 1.165) is 4.70 Å². The monoisotopic (exact) mass is 374 g/mol. The molecule has 2 nitrogen and oxygen atoms in total. The summed E-state index contributed by atoms with van der Waals surface area (Å²) in [6.45, 7) is 0. The van der Waals surface area contributed by atoms with Crippen molar-refractivity contribution >= 4 is 59.9 Å². The van der Waals surface area contributed by atoms with Crippen LogP contribution >= 0.6 is 38.9 Å². The summed E-state index contributed by atoms with van der Waals surface area (Å²) in [7, 11) is 0. The summed E-state index contributed by atoms with van der Waals surface area (Å²) >= 11 is 10.2. The summed E-state index contributed by atoms with van der Waals surface area (Å²) in [5, 5.41) is 3.64. The molecule has 102 valence electrons. The maximum absolute atomic E-state index is 13.7. The number of nitrogens with one attached hydrogen (secondary N) is 1. The van der Waals surface area contributed by atoms with Crippen molar-refractivity contribution in [2.24, 2.45) is 0 Å². The summed E-state index contributed by atoms with van der Waals surface area (Å²) in [6.07, 6.45) is 0. The van der Waals surface area contributed by atoms with Crippen molar-refractivity contribution in [1.29, 1.82) is 0 Å². The minimum atomic E-state index is -0.686. The SMILES string of the molecule is Fc1cc(Br)cc(F)c1Nc1nc2cc(Cl)ccc2s1. The molecule has 0 radical (unpaired) electrons. The molecule has 0 amide bonds. The zero-order valence-electron chi connectivity index (χ0n) is 9.75. The Morgan fingerprint density at radius 1 is 1.15 bits per heavy atom. The Hall–Kier alpha value is -1.24. The quantitative estimate of drug-likeness (QED) is 0.618. The molecule has 1 N–H and O–H groups in total. The first-order chi connectivity index (χ1) is 9.52. The summed E-state index contributed by atoms with van der Waals surface area (Å²) < 4.78 is 28.7. The van der Waals surface area contributed by atoms with Crippen molar-refractivity contribution in [1.82, 2.24) is 4.98 Å². The van der Waals surface area contributed by atoms with Gasteiger partial charge in [-0.25, -0.2) is 13.8 Å². The predicted molar refractivity (Wildman–Crippen MR) is 82.0 cm³/mol. The van der Waals surface area contributed by atoms with Gasteiger partial charge in [0.05, 0.1) is 10.2 Å². The van der Waals surface area contributed by atoms with Crippen LogP contribution < -0.4 is 5.32 Å². The molecule has 0 saturated carbocycles. The predicted octanol–water partition coefficient (Wildman–Crippen LogP) is 5.73. The van der Waals surface area contributed by atoms with Gasteiger partial charge in [-0.3, -0.25) is 0 Å². The van der Waals surface area contributed by atoms with Gasteiger partial charge >= 0.3 is 0 Å². The molecule has 0 aliphatic rings. The number of fused-ring (bicyclic) bond motifs is 1. The molecule has 3 rings (SSSR count). The Balaban J connectivity index is 2.01. The van der Waals surface area contributed by atoms with Crippen molar-refractivity contribution in [3.05, 3.63) is 51.5 Å². The fraction of sp³-hybridized carbons (Fsp3) is 0. The minimum Gasteiger partial charge on any atom is -0.327 e. The van der Waals surface area contributed by atoms with Gasteiger partial charge in [0.1, 0.15) is 5.69 Å². The van der Waals surface area contributed by atoms with Crippen LogP contribution in [0.1, 0.15) is 0 Å². The van der Waals surface area contributed by atoms with Crippen molar-refractivity contribution in [3.63, 3.8) is 0 Å². The molecule has 0 aliphatic heterocycles. The third kappa shape index (κ3) is 2.63. The van der Waals surface area contributed by atoms with E-state index in [4.69, 9.17) is 11.6 Å².